The van der Waals surface area contributed by atoms with Crippen molar-refractivity contribution in [2.75, 3.05) is 0 Å². The molecule has 148 valence electrons. The molecule has 0 unspecified atom stereocenters. The zero-order valence-electron chi connectivity index (χ0n) is 16.6. The summed E-state index contributed by atoms with van der Waals surface area (Å²) in [7, 11) is 0. The van der Waals surface area contributed by atoms with Crippen LogP contribution >= 0.6 is 15.9 Å². The van der Waals surface area contributed by atoms with Crippen molar-refractivity contribution in [1.82, 2.24) is 4.57 Å². The molecule has 0 atom stereocenters. The summed E-state index contributed by atoms with van der Waals surface area (Å²) in [6.45, 7) is 4.78. The molecule has 1 aromatic heterocycles. The van der Waals surface area contributed by atoms with Crippen molar-refractivity contribution in [2.24, 2.45) is 0 Å². The summed E-state index contributed by atoms with van der Waals surface area (Å²) in [6, 6.07) is 16.8. The van der Waals surface area contributed by atoms with E-state index in [1.807, 2.05) is 54.0 Å². The standard InChI is InChI=1S/C25H23BrFNO/c1-3-4-7-15-28-16(2)22(19-11-8-12-21(27)24(19)28)25(29)23-18-10-6-5-9-17(18)13-14-20(23)26/h5-6,8-14H,3-4,7,15H2,1-2H3. The zero-order chi connectivity index (χ0) is 20.5. The van der Waals surface area contributed by atoms with Gasteiger partial charge in [0.05, 0.1) is 11.1 Å². The van der Waals surface area contributed by atoms with Gasteiger partial charge in [0.2, 0.25) is 0 Å². The van der Waals surface area contributed by atoms with Crippen LogP contribution in [0.5, 0.6) is 0 Å². The molecule has 0 aliphatic rings. The predicted octanol–water partition coefficient (Wildman–Crippen LogP) is 7.43. The van der Waals surface area contributed by atoms with Crippen molar-refractivity contribution in [1.29, 1.82) is 0 Å². The van der Waals surface area contributed by atoms with Crippen LogP contribution < -0.4 is 0 Å². The molecule has 4 aromatic rings. The molecule has 0 fully saturated rings. The fourth-order valence-electron chi connectivity index (χ4n) is 4.18. The fourth-order valence-corrected chi connectivity index (χ4v) is 4.70. The third kappa shape index (κ3) is 3.40. The molecule has 0 radical (unpaired) electrons. The molecule has 2 nitrogen and oxygen atoms in total. The second-order valence-corrected chi connectivity index (χ2v) is 8.28. The van der Waals surface area contributed by atoms with E-state index in [1.54, 1.807) is 6.07 Å². The van der Waals surface area contributed by atoms with Gasteiger partial charge in [0, 0.05) is 27.7 Å². The van der Waals surface area contributed by atoms with E-state index in [2.05, 4.69) is 22.9 Å². The third-order valence-corrected chi connectivity index (χ3v) is 6.27. The number of aromatic nitrogens is 1. The average Bonchev–Trinajstić information content (AvgIpc) is 3.00. The van der Waals surface area contributed by atoms with Crippen molar-refractivity contribution in [3.8, 4) is 0 Å². The Balaban J connectivity index is 1.96. The van der Waals surface area contributed by atoms with Crippen LogP contribution in [0, 0.1) is 12.7 Å². The van der Waals surface area contributed by atoms with Crippen molar-refractivity contribution in [3.05, 3.63) is 81.7 Å². The van der Waals surface area contributed by atoms with E-state index < -0.39 is 0 Å². The summed E-state index contributed by atoms with van der Waals surface area (Å²) in [5.41, 5.74) is 2.57. The molecule has 3 aromatic carbocycles. The topological polar surface area (TPSA) is 22.0 Å². The first-order chi connectivity index (χ1) is 14.0. The first-order valence-corrected chi connectivity index (χ1v) is 10.8. The van der Waals surface area contributed by atoms with Gasteiger partial charge in [-0.25, -0.2) is 4.39 Å². The van der Waals surface area contributed by atoms with Gasteiger partial charge in [-0.2, -0.15) is 0 Å². The quantitative estimate of drug-likeness (QED) is 0.220. The number of carbonyl (C=O) groups is 1. The zero-order valence-corrected chi connectivity index (χ0v) is 18.2. The van der Waals surface area contributed by atoms with Crippen molar-refractivity contribution < 1.29 is 9.18 Å². The molecule has 0 N–H and O–H groups in total. The minimum atomic E-state index is -0.280. The van der Waals surface area contributed by atoms with E-state index >= 15 is 0 Å². The molecule has 0 amide bonds. The maximum absolute atomic E-state index is 14.8. The lowest BCUT2D eigenvalue weighted by Gasteiger charge is -2.10. The lowest BCUT2D eigenvalue weighted by molar-refractivity contribution is 0.104. The molecule has 0 saturated heterocycles. The molecule has 29 heavy (non-hydrogen) atoms. The van der Waals surface area contributed by atoms with Gasteiger partial charge in [-0.05, 0) is 36.2 Å². The van der Waals surface area contributed by atoms with Gasteiger partial charge in [0.1, 0.15) is 5.82 Å². The molecular formula is C25H23BrFNO. The molecule has 0 saturated carbocycles. The Hall–Kier alpha value is -2.46. The van der Waals surface area contributed by atoms with Crippen molar-refractivity contribution in [2.45, 2.75) is 39.7 Å². The average molecular weight is 452 g/mol. The number of hydrogen-bond acceptors (Lipinski definition) is 1. The lowest BCUT2D eigenvalue weighted by atomic mass is 9.95. The molecule has 0 spiro atoms. The number of aryl methyl sites for hydroxylation is 1. The molecule has 4 rings (SSSR count). The van der Waals surface area contributed by atoms with Crippen LogP contribution in [0.4, 0.5) is 4.39 Å². The number of ketones is 1. The number of nitrogens with zero attached hydrogens (tertiary/aromatic N) is 1. The van der Waals surface area contributed by atoms with E-state index in [-0.39, 0.29) is 11.6 Å². The van der Waals surface area contributed by atoms with Crippen LogP contribution in [-0.2, 0) is 6.54 Å². The molecule has 0 aliphatic heterocycles. The highest BCUT2D eigenvalue weighted by molar-refractivity contribution is 9.10. The fraction of sp³-hybridized carbons (Fsp3) is 0.240. The Labute approximate surface area is 178 Å². The van der Waals surface area contributed by atoms with Gasteiger partial charge in [-0.3, -0.25) is 4.79 Å². The number of hydrogen-bond donors (Lipinski definition) is 0. The molecular weight excluding hydrogens is 429 g/mol. The summed E-state index contributed by atoms with van der Waals surface area (Å²) < 4.78 is 17.5. The third-order valence-electron chi connectivity index (χ3n) is 5.61. The number of carbonyl (C=O) groups excluding carboxylic acids is 1. The SMILES string of the molecule is CCCCCn1c(C)c(C(=O)c2c(Br)ccc3ccccc23)c2cccc(F)c21. The molecule has 1 heterocycles. The van der Waals surface area contributed by atoms with Crippen LogP contribution in [0.2, 0.25) is 0 Å². The van der Waals surface area contributed by atoms with E-state index in [1.165, 1.54) is 6.07 Å². The molecule has 4 heteroatoms. The van der Waals surface area contributed by atoms with Crippen molar-refractivity contribution in [3.63, 3.8) is 0 Å². The summed E-state index contributed by atoms with van der Waals surface area (Å²) in [6.07, 6.45) is 3.13. The van der Waals surface area contributed by atoms with E-state index in [0.29, 0.717) is 28.6 Å². The second-order valence-electron chi connectivity index (χ2n) is 7.43. The molecule has 0 bridgehead atoms. The van der Waals surface area contributed by atoms with Crippen LogP contribution in [-0.4, -0.2) is 10.4 Å². The normalized spacial score (nSPS) is 11.4. The lowest BCUT2D eigenvalue weighted by Crippen LogP contribution is -2.07. The van der Waals surface area contributed by atoms with Crippen LogP contribution in [0.1, 0.15) is 47.8 Å². The van der Waals surface area contributed by atoms with Crippen molar-refractivity contribution >= 4 is 43.4 Å². The Bertz CT molecular complexity index is 1220. The summed E-state index contributed by atoms with van der Waals surface area (Å²) in [5, 5.41) is 2.59. The van der Waals surface area contributed by atoms with Crippen LogP contribution in [0.25, 0.3) is 21.7 Å². The van der Waals surface area contributed by atoms with Gasteiger partial charge in [-0.15, -0.1) is 0 Å². The van der Waals surface area contributed by atoms with Gasteiger partial charge in [0.25, 0.3) is 0 Å². The van der Waals surface area contributed by atoms with Gasteiger partial charge >= 0.3 is 0 Å². The second kappa shape index (κ2) is 8.11. The smallest absolute Gasteiger partial charge is 0.197 e. The summed E-state index contributed by atoms with van der Waals surface area (Å²) in [5.74, 6) is -0.353. The Morgan fingerprint density at radius 1 is 0.966 bits per heavy atom. The largest absolute Gasteiger partial charge is 0.342 e. The minimum absolute atomic E-state index is 0.0731. The highest BCUT2D eigenvalue weighted by Crippen LogP contribution is 2.34. The van der Waals surface area contributed by atoms with E-state index in [4.69, 9.17) is 0 Å². The predicted molar refractivity (Wildman–Crippen MR) is 121 cm³/mol. The maximum Gasteiger partial charge on any atom is 0.197 e. The number of halogens is 2. The summed E-state index contributed by atoms with van der Waals surface area (Å²) in [4.78, 5) is 13.8. The first-order valence-electron chi connectivity index (χ1n) is 10.0. The number of benzene rings is 3. The van der Waals surface area contributed by atoms with Crippen LogP contribution in [0.3, 0.4) is 0 Å². The molecule has 0 aliphatic carbocycles. The minimum Gasteiger partial charge on any atom is -0.342 e. The first kappa shape index (κ1) is 19.8. The number of para-hydroxylation sites is 1. The van der Waals surface area contributed by atoms with Gasteiger partial charge in [-0.1, -0.05) is 78.2 Å². The van der Waals surface area contributed by atoms with Crippen LogP contribution in [0.15, 0.2) is 59.1 Å². The van der Waals surface area contributed by atoms with Gasteiger partial charge < -0.3 is 4.57 Å². The summed E-state index contributed by atoms with van der Waals surface area (Å²) >= 11 is 3.57. The Morgan fingerprint density at radius 2 is 1.72 bits per heavy atom. The van der Waals surface area contributed by atoms with E-state index in [0.717, 1.165) is 40.2 Å². The Morgan fingerprint density at radius 3 is 2.52 bits per heavy atom. The van der Waals surface area contributed by atoms with E-state index in [9.17, 15) is 9.18 Å². The number of unbranched alkanes of at least 4 members (excludes halogenated alkanes) is 2. The highest BCUT2D eigenvalue weighted by atomic mass is 79.9. The monoisotopic (exact) mass is 451 g/mol. The maximum atomic E-state index is 14.8. The number of rotatable bonds is 6. The highest BCUT2D eigenvalue weighted by Gasteiger charge is 2.25. The number of fused-ring (bicyclic) bond motifs is 2. The Kier molecular flexibility index (Phi) is 5.55. The van der Waals surface area contributed by atoms with Gasteiger partial charge in [0.15, 0.2) is 5.78 Å².